The Morgan fingerprint density at radius 2 is 1.81 bits per heavy atom. The monoisotopic (exact) mass is 371 g/mol. The molecule has 0 amide bonds. The lowest BCUT2D eigenvalue weighted by atomic mass is 9.88. The van der Waals surface area contributed by atoms with Crippen molar-refractivity contribution in [2.24, 2.45) is 17.6 Å². The Morgan fingerprint density at radius 3 is 2.27 bits per heavy atom. The summed E-state index contributed by atoms with van der Waals surface area (Å²) in [6, 6.07) is -0.933. The van der Waals surface area contributed by atoms with Crippen molar-refractivity contribution < 1.29 is 27.9 Å². The number of aryl methyl sites for hydroxylation is 1. The fourth-order valence-corrected chi connectivity index (χ4v) is 2.45. The van der Waals surface area contributed by atoms with E-state index in [-0.39, 0.29) is 30.5 Å². The molecule has 2 atom stereocenters. The van der Waals surface area contributed by atoms with Crippen LogP contribution in [-0.4, -0.2) is 23.6 Å². The summed E-state index contributed by atoms with van der Waals surface area (Å²) in [5.41, 5.74) is 5.38. The lowest BCUT2D eigenvalue weighted by Gasteiger charge is -2.27. The third kappa shape index (κ3) is 7.43. The van der Waals surface area contributed by atoms with Crippen LogP contribution in [0.5, 0.6) is 0 Å². The van der Waals surface area contributed by atoms with Gasteiger partial charge in [0.1, 0.15) is 11.6 Å². The number of carbonyl (C=O) groups excluding carboxylic acids is 2. The minimum atomic E-state index is -0.933. The first-order valence-electron chi connectivity index (χ1n) is 8.62. The molecule has 0 aliphatic carbocycles. The fourth-order valence-electron chi connectivity index (χ4n) is 2.45. The van der Waals surface area contributed by atoms with E-state index in [1.807, 2.05) is 13.8 Å². The van der Waals surface area contributed by atoms with Crippen LogP contribution in [0.3, 0.4) is 0 Å². The molecule has 0 radical (unpaired) electrons. The van der Waals surface area contributed by atoms with Crippen molar-refractivity contribution in [3.05, 3.63) is 22.1 Å². The van der Waals surface area contributed by atoms with Gasteiger partial charge in [0.15, 0.2) is 18.1 Å². The maximum absolute atomic E-state index is 12.2. The molecule has 2 N–H and O–H groups in total. The number of rotatable bonds is 8. The molecule has 8 nitrogen and oxygen atoms in total. The zero-order valence-electron chi connectivity index (χ0n) is 16.3. The van der Waals surface area contributed by atoms with Crippen LogP contribution >= 0.6 is 0 Å². The van der Waals surface area contributed by atoms with E-state index in [0.29, 0.717) is 6.42 Å². The average Bonchev–Trinajstić information content (AvgIpc) is 2.79. The van der Waals surface area contributed by atoms with E-state index in [2.05, 4.69) is 0 Å². The highest BCUT2D eigenvalue weighted by Gasteiger charge is 2.31. The van der Waals surface area contributed by atoms with Gasteiger partial charge in [0.05, 0.1) is 6.42 Å². The predicted octanol–water partition coefficient (Wildman–Crippen LogP) is 2.31. The number of hydrogen-bond acceptors (Lipinski definition) is 8. The maximum atomic E-state index is 12.2. The SMILES string of the molecule is Cc1oc(=O)oc1COC(=O)CC(CC(C)C)C(N)C(=O)OC(C)(C)C. The van der Waals surface area contributed by atoms with Gasteiger partial charge < -0.3 is 24.0 Å². The predicted molar refractivity (Wildman–Crippen MR) is 93.2 cm³/mol. The molecule has 0 aliphatic heterocycles. The highest BCUT2D eigenvalue weighted by atomic mass is 16.6. The Labute approximate surface area is 153 Å². The second-order valence-corrected chi connectivity index (χ2v) is 7.75. The van der Waals surface area contributed by atoms with Crippen LogP contribution in [-0.2, 0) is 25.7 Å². The summed E-state index contributed by atoms with van der Waals surface area (Å²) >= 11 is 0. The third-order valence-electron chi connectivity index (χ3n) is 3.59. The number of hydrogen-bond donors (Lipinski definition) is 1. The van der Waals surface area contributed by atoms with Gasteiger partial charge in [-0.05, 0) is 46.0 Å². The van der Waals surface area contributed by atoms with Gasteiger partial charge in [0, 0.05) is 0 Å². The summed E-state index contributed by atoms with van der Waals surface area (Å²) in [6.45, 7) is 10.5. The molecule has 0 saturated heterocycles. The second kappa shape index (κ2) is 9.02. The molecule has 148 valence electrons. The number of esters is 2. The normalized spacial score (nSPS) is 14.2. The zero-order chi connectivity index (χ0) is 20.1. The molecule has 0 aromatic carbocycles. The van der Waals surface area contributed by atoms with Gasteiger partial charge in [0.25, 0.3) is 0 Å². The lowest BCUT2D eigenvalue weighted by Crippen LogP contribution is -2.43. The summed E-state index contributed by atoms with van der Waals surface area (Å²) < 4.78 is 19.9. The smallest absolute Gasteiger partial charge is 0.459 e. The molecule has 0 bridgehead atoms. The molecule has 0 aliphatic rings. The summed E-state index contributed by atoms with van der Waals surface area (Å²) in [7, 11) is 0. The summed E-state index contributed by atoms with van der Waals surface area (Å²) in [4.78, 5) is 35.4. The Bertz CT molecular complexity index is 666. The van der Waals surface area contributed by atoms with Crippen molar-refractivity contribution in [3.8, 4) is 0 Å². The fraction of sp³-hybridized carbons (Fsp3) is 0.722. The van der Waals surface area contributed by atoms with Gasteiger partial charge in [-0.3, -0.25) is 9.59 Å². The van der Waals surface area contributed by atoms with E-state index in [1.165, 1.54) is 6.92 Å². The first kappa shape index (κ1) is 22.0. The minimum Gasteiger partial charge on any atom is -0.459 e. The zero-order valence-corrected chi connectivity index (χ0v) is 16.3. The van der Waals surface area contributed by atoms with E-state index in [4.69, 9.17) is 24.0 Å². The summed E-state index contributed by atoms with van der Waals surface area (Å²) in [5, 5.41) is 0. The number of ether oxygens (including phenoxy) is 2. The molecule has 26 heavy (non-hydrogen) atoms. The molecular formula is C18H29NO7. The van der Waals surface area contributed by atoms with E-state index in [0.717, 1.165) is 0 Å². The Hall–Kier alpha value is -2.09. The van der Waals surface area contributed by atoms with E-state index in [1.54, 1.807) is 20.8 Å². The first-order chi connectivity index (χ1) is 11.9. The van der Waals surface area contributed by atoms with Crippen LogP contribution < -0.4 is 11.6 Å². The van der Waals surface area contributed by atoms with E-state index in [9.17, 15) is 14.4 Å². The van der Waals surface area contributed by atoms with Crippen LogP contribution in [0.1, 0.15) is 59.0 Å². The topological polar surface area (TPSA) is 122 Å². The molecule has 0 spiro atoms. The summed E-state index contributed by atoms with van der Waals surface area (Å²) in [6.07, 6.45) is 0.523. The molecule has 1 rings (SSSR count). The first-order valence-corrected chi connectivity index (χ1v) is 8.62. The van der Waals surface area contributed by atoms with Crippen molar-refractivity contribution in [2.45, 2.75) is 72.6 Å². The van der Waals surface area contributed by atoms with Crippen LogP contribution in [0.25, 0.3) is 0 Å². The standard InChI is InChI=1S/C18H29NO7/c1-10(2)7-12(15(19)16(21)26-18(4,5)6)8-14(20)23-9-13-11(3)24-17(22)25-13/h10,12,15H,7-9,19H2,1-6H3. The highest BCUT2D eigenvalue weighted by Crippen LogP contribution is 2.22. The Kier molecular flexibility index (Phi) is 7.62. The largest absolute Gasteiger partial charge is 0.519 e. The molecule has 1 aromatic heterocycles. The molecule has 0 fully saturated rings. The Balaban J connectivity index is 2.70. The van der Waals surface area contributed by atoms with Gasteiger partial charge >= 0.3 is 17.8 Å². The van der Waals surface area contributed by atoms with Crippen molar-refractivity contribution in [1.29, 1.82) is 0 Å². The van der Waals surface area contributed by atoms with Crippen molar-refractivity contribution in [1.82, 2.24) is 0 Å². The average molecular weight is 371 g/mol. The van der Waals surface area contributed by atoms with Crippen LogP contribution in [0.4, 0.5) is 0 Å². The van der Waals surface area contributed by atoms with Gasteiger partial charge in [-0.25, -0.2) is 4.79 Å². The van der Waals surface area contributed by atoms with Crippen molar-refractivity contribution in [3.63, 3.8) is 0 Å². The second-order valence-electron chi connectivity index (χ2n) is 7.75. The van der Waals surface area contributed by atoms with E-state index < -0.39 is 35.3 Å². The molecule has 1 aromatic rings. The van der Waals surface area contributed by atoms with Crippen molar-refractivity contribution in [2.75, 3.05) is 0 Å². The Morgan fingerprint density at radius 1 is 1.19 bits per heavy atom. The van der Waals surface area contributed by atoms with E-state index >= 15 is 0 Å². The molecular weight excluding hydrogens is 342 g/mol. The molecule has 2 unspecified atom stereocenters. The van der Waals surface area contributed by atoms with Gasteiger partial charge in [-0.1, -0.05) is 13.8 Å². The maximum Gasteiger partial charge on any atom is 0.519 e. The molecule has 1 heterocycles. The van der Waals surface area contributed by atoms with Crippen molar-refractivity contribution >= 4 is 11.9 Å². The number of carbonyl (C=O) groups is 2. The van der Waals surface area contributed by atoms with Crippen LogP contribution in [0.15, 0.2) is 13.6 Å². The third-order valence-corrected chi connectivity index (χ3v) is 3.59. The number of nitrogens with two attached hydrogens (primary N) is 1. The van der Waals surface area contributed by atoms with Gasteiger partial charge in [-0.2, -0.15) is 0 Å². The molecule has 8 heteroatoms. The minimum absolute atomic E-state index is 0.0419. The quantitative estimate of drug-likeness (QED) is 0.691. The van der Waals surface area contributed by atoms with Crippen LogP contribution in [0.2, 0.25) is 0 Å². The highest BCUT2D eigenvalue weighted by molar-refractivity contribution is 5.78. The van der Waals surface area contributed by atoms with Gasteiger partial charge in [-0.15, -0.1) is 0 Å². The summed E-state index contributed by atoms with van der Waals surface area (Å²) in [5.74, 6) is -1.72. The lowest BCUT2D eigenvalue weighted by molar-refractivity contribution is -0.158. The molecule has 0 saturated carbocycles. The van der Waals surface area contributed by atoms with Crippen LogP contribution in [0, 0.1) is 18.8 Å². The van der Waals surface area contributed by atoms with Gasteiger partial charge in [0.2, 0.25) is 0 Å².